The van der Waals surface area contributed by atoms with Crippen LogP contribution in [0.5, 0.6) is 0 Å². The van der Waals surface area contributed by atoms with Gasteiger partial charge < -0.3 is 10.6 Å². The van der Waals surface area contributed by atoms with Gasteiger partial charge in [0.25, 0.3) is 0 Å². The van der Waals surface area contributed by atoms with E-state index in [9.17, 15) is 14.4 Å². The van der Waals surface area contributed by atoms with Crippen molar-refractivity contribution in [3.63, 3.8) is 0 Å². The molecule has 2 aromatic rings. The minimum atomic E-state index is -0.610. The van der Waals surface area contributed by atoms with E-state index in [0.717, 1.165) is 34.2 Å². The molecule has 0 spiro atoms. The maximum Gasteiger partial charge on any atom is 0.242 e. The average molecular weight is 473 g/mol. The van der Waals surface area contributed by atoms with Crippen molar-refractivity contribution in [1.82, 2.24) is 10.6 Å². The molecule has 32 heavy (non-hydrogen) atoms. The summed E-state index contributed by atoms with van der Waals surface area (Å²) in [6.45, 7) is 3.94. The fourth-order valence-corrected chi connectivity index (χ4v) is 4.33. The van der Waals surface area contributed by atoms with Crippen molar-refractivity contribution < 1.29 is 14.4 Å². The van der Waals surface area contributed by atoms with Crippen molar-refractivity contribution in [3.05, 3.63) is 71.3 Å². The molecular weight excluding hydrogens is 440 g/mol. The smallest absolute Gasteiger partial charge is 0.242 e. The van der Waals surface area contributed by atoms with Crippen molar-refractivity contribution in [2.75, 3.05) is 17.8 Å². The Hall–Kier alpha value is -2.25. The summed E-state index contributed by atoms with van der Waals surface area (Å²) in [4.78, 5) is 37.5. The number of amides is 2. The standard InChI is InChI=1S/C25H32N2O3S2/c1-18-9-11-21(12-10-18)16-26-25(30)23(13-14-31-3)27-24(29)22(17-32-19(2)28)15-20-7-5-4-6-8-20/h4-12,22-23H,13-17H2,1-3H3,(H,26,30)(H,27,29)/t22-,23-/m0/s1. The van der Waals surface area contributed by atoms with Gasteiger partial charge in [0.2, 0.25) is 11.8 Å². The first-order valence-corrected chi connectivity index (χ1v) is 13.1. The number of nitrogens with one attached hydrogen (secondary N) is 2. The molecule has 0 radical (unpaired) electrons. The number of hydrogen-bond donors (Lipinski definition) is 2. The van der Waals surface area contributed by atoms with Crippen LogP contribution in [0.25, 0.3) is 0 Å². The van der Waals surface area contributed by atoms with Gasteiger partial charge in [-0.2, -0.15) is 11.8 Å². The van der Waals surface area contributed by atoms with Crippen LogP contribution in [0.4, 0.5) is 0 Å². The summed E-state index contributed by atoms with van der Waals surface area (Å²) in [7, 11) is 0. The first kappa shape index (κ1) is 26.0. The third-order valence-corrected chi connectivity index (χ3v) is 6.63. The quantitative estimate of drug-likeness (QED) is 0.489. The number of carbonyl (C=O) groups excluding carboxylic acids is 3. The molecule has 0 aliphatic rings. The molecular formula is C25H32N2O3S2. The molecule has 0 aliphatic heterocycles. The van der Waals surface area contributed by atoms with E-state index in [1.165, 1.54) is 6.92 Å². The van der Waals surface area contributed by atoms with Crippen molar-refractivity contribution in [2.45, 2.75) is 39.3 Å². The first-order valence-electron chi connectivity index (χ1n) is 10.7. The van der Waals surface area contributed by atoms with E-state index in [1.807, 2.05) is 67.8 Å². The van der Waals surface area contributed by atoms with Gasteiger partial charge in [-0.1, -0.05) is 71.9 Å². The van der Waals surface area contributed by atoms with Crippen LogP contribution < -0.4 is 10.6 Å². The highest BCUT2D eigenvalue weighted by molar-refractivity contribution is 8.13. The van der Waals surface area contributed by atoms with E-state index in [-0.39, 0.29) is 16.9 Å². The summed E-state index contributed by atoms with van der Waals surface area (Å²) >= 11 is 2.78. The normalized spacial score (nSPS) is 12.6. The Morgan fingerprint density at radius 3 is 2.25 bits per heavy atom. The number of carbonyl (C=O) groups is 3. The SMILES string of the molecule is CSCC[C@H](NC(=O)[C@H](CSC(C)=O)Cc1ccccc1)C(=O)NCc1ccc(C)cc1. The number of benzene rings is 2. The minimum Gasteiger partial charge on any atom is -0.350 e. The zero-order chi connectivity index (χ0) is 23.3. The van der Waals surface area contributed by atoms with Crippen LogP contribution in [0.3, 0.4) is 0 Å². The van der Waals surface area contributed by atoms with Crippen molar-refractivity contribution in [3.8, 4) is 0 Å². The summed E-state index contributed by atoms with van der Waals surface area (Å²) < 4.78 is 0. The van der Waals surface area contributed by atoms with Gasteiger partial charge in [0, 0.05) is 19.2 Å². The first-order chi connectivity index (χ1) is 15.4. The second kappa shape index (κ2) is 14.0. The largest absolute Gasteiger partial charge is 0.350 e. The van der Waals surface area contributed by atoms with Crippen molar-refractivity contribution in [2.24, 2.45) is 5.92 Å². The number of rotatable bonds is 12. The lowest BCUT2D eigenvalue weighted by atomic mass is 9.99. The van der Waals surface area contributed by atoms with Gasteiger partial charge in [0.1, 0.15) is 6.04 Å². The predicted molar refractivity (Wildman–Crippen MR) is 135 cm³/mol. The van der Waals surface area contributed by atoms with Gasteiger partial charge in [-0.25, -0.2) is 0 Å². The molecule has 0 bridgehead atoms. The van der Waals surface area contributed by atoms with Crippen LogP contribution in [0.15, 0.2) is 54.6 Å². The molecule has 0 unspecified atom stereocenters. The lowest BCUT2D eigenvalue weighted by molar-refractivity contribution is -0.130. The Morgan fingerprint density at radius 2 is 1.62 bits per heavy atom. The zero-order valence-electron chi connectivity index (χ0n) is 18.9. The van der Waals surface area contributed by atoms with Crippen molar-refractivity contribution in [1.29, 1.82) is 0 Å². The molecule has 0 saturated carbocycles. The third kappa shape index (κ3) is 9.49. The number of aryl methyl sites for hydroxylation is 1. The highest BCUT2D eigenvalue weighted by Gasteiger charge is 2.26. The molecule has 7 heteroatoms. The molecule has 2 rings (SSSR count). The molecule has 0 saturated heterocycles. The fraction of sp³-hybridized carbons (Fsp3) is 0.400. The highest BCUT2D eigenvalue weighted by atomic mass is 32.2. The Labute approximate surface area is 199 Å². The minimum absolute atomic E-state index is 0.0226. The van der Waals surface area contributed by atoms with Gasteiger partial charge in [-0.05, 0) is 42.9 Å². The summed E-state index contributed by atoms with van der Waals surface area (Å²) in [5, 5.41) is 5.88. The van der Waals surface area contributed by atoms with Crippen molar-refractivity contribution >= 4 is 40.5 Å². The zero-order valence-corrected chi connectivity index (χ0v) is 20.6. The highest BCUT2D eigenvalue weighted by Crippen LogP contribution is 2.17. The molecule has 5 nitrogen and oxygen atoms in total. The second-order valence-electron chi connectivity index (χ2n) is 7.74. The summed E-state index contributed by atoms with van der Waals surface area (Å²) in [5.74, 6) is 0.364. The molecule has 0 fully saturated rings. The van der Waals surface area contributed by atoms with Gasteiger partial charge >= 0.3 is 0 Å². The van der Waals surface area contributed by atoms with E-state index in [2.05, 4.69) is 10.6 Å². The van der Waals surface area contributed by atoms with E-state index in [0.29, 0.717) is 25.1 Å². The monoisotopic (exact) mass is 472 g/mol. The van der Waals surface area contributed by atoms with Crippen LogP contribution >= 0.6 is 23.5 Å². The fourth-order valence-electron chi connectivity index (χ4n) is 3.16. The van der Waals surface area contributed by atoms with E-state index < -0.39 is 12.0 Å². The van der Waals surface area contributed by atoms with E-state index >= 15 is 0 Å². The molecule has 2 atom stereocenters. The summed E-state index contributed by atoms with van der Waals surface area (Å²) in [6, 6.07) is 17.1. The Morgan fingerprint density at radius 1 is 0.938 bits per heavy atom. The number of thioether (sulfide) groups is 2. The maximum absolute atomic E-state index is 13.1. The molecule has 2 amide bonds. The average Bonchev–Trinajstić information content (AvgIpc) is 2.79. The molecule has 0 heterocycles. The Balaban J connectivity index is 2.04. The number of hydrogen-bond acceptors (Lipinski definition) is 5. The summed E-state index contributed by atoms with van der Waals surface area (Å²) in [6.07, 6.45) is 3.04. The summed E-state index contributed by atoms with van der Waals surface area (Å²) in [5.41, 5.74) is 3.21. The Kier molecular flexibility index (Phi) is 11.4. The lowest BCUT2D eigenvalue weighted by Crippen LogP contribution is -2.49. The molecule has 172 valence electrons. The van der Waals surface area contributed by atoms with Gasteiger partial charge in [-0.15, -0.1) is 0 Å². The maximum atomic E-state index is 13.1. The second-order valence-corrected chi connectivity index (χ2v) is 9.92. The molecule has 2 aromatic carbocycles. The molecule has 0 aromatic heterocycles. The lowest BCUT2D eigenvalue weighted by Gasteiger charge is -2.22. The van der Waals surface area contributed by atoms with E-state index in [1.54, 1.807) is 11.8 Å². The predicted octanol–water partition coefficient (Wildman–Crippen LogP) is 3.99. The third-order valence-electron chi connectivity index (χ3n) is 5.01. The topological polar surface area (TPSA) is 75.3 Å². The van der Waals surface area contributed by atoms with E-state index in [4.69, 9.17) is 0 Å². The van der Waals surface area contributed by atoms with Crippen LogP contribution in [0, 0.1) is 12.8 Å². The van der Waals surface area contributed by atoms with Crippen LogP contribution in [0.1, 0.15) is 30.0 Å². The van der Waals surface area contributed by atoms with Crippen LogP contribution in [-0.4, -0.2) is 40.7 Å². The van der Waals surface area contributed by atoms with Gasteiger partial charge in [0.05, 0.1) is 5.92 Å². The van der Waals surface area contributed by atoms with Gasteiger partial charge in [-0.3, -0.25) is 14.4 Å². The van der Waals surface area contributed by atoms with Crippen LogP contribution in [-0.2, 0) is 27.3 Å². The molecule has 0 aliphatic carbocycles. The molecule has 2 N–H and O–H groups in total. The van der Waals surface area contributed by atoms with Crippen LogP contribution in [0.2, 0.25) is 0 Å². The Bertz CT molecular complexity index is 873. The van der Waals surface area contributed by atoms with Gasteiger partial charge in [0.15, 0.2) is 5.12 Å².